The molecule has 2 unspecified atom stereocenters. The summed E-state index contributed by atoms with van der Waals surface area (Å²) in [5, 5.41) is 7.75. The number of hydrogen-bond donors (Lipinski definition) is 3. The second kappa shape index (κ2) is 6.98. The fraction of sp³-hybridized carbons (Fsp3) is 0.529. The van der Waals surface area contributed by atoms with Crippen LogP contribution in [-0.2, 0) is 6.54 Å². The molecular weight excluding hydrogens is 329 g/mol. The van der Waals surface area contributed by atoms with Crippen molar-refractivity contribution in [3.63, 3.8) is 0 Å². The van der Waals surface area contributed by atoms with Crippen molar-refractivity contribution in [1.29, 1.82) is 0 Å². The average molecular weight is 352 g/mol. The van der Waals surface area contributed by atoms with Crippen LogP contribution in [-0.4, -0.2) is 65.7 Å². The average Bonchev–Trinajstić information content (AvgIpc) is 2.98. The lowest BCUT2D eigenvalue weighted by molar-refractivity contribution is 0.0687. The second-order valence-corrected chi connectivity index (χ2v) is 7.16. The first-order valence-corrected chi connectivity index (χ1v) is 8.95. The van der Waals surface area contributed by atoms with Crippen molar-refractivity contribution in [2.45, 2.75) is 18.2 Å². The standard InChI is InChI=1S/C17H23ClFN5/c18-16-9-21-17(10-20-16)24-5-3-23(4-6-24)11-14-8-12-7-13(19)1-2-15(12)22-14/h1-2,7-8,16-17,20-22H,3-6,9-11H2. The van der Waals surface area contributed by atoms with Gasteiger partial charge in [-0.2, -0.15) is 0 Å². The zero-order chi connectivity index (χ0) is 16.5. The van der Waals surface area contributed by atoms with Gasteiger partial charge in [-0.25, -0.2) is 4.39 Å². The van der Waals surface area contributed by atoms with Crippen molar-refractivity contribution >= 4 is 22.5 Å². The molecule has 3 heterocycles. The number of alkyl halides is 1. The number of aromatic amines is 1. The molecule has 2 aromatic rings. The summed E-state index contributed by atoms with van der Waals surface area (Å²) in [5.74, 6) is -0.186. The normalized spacial score (nSPS) is 26.9. The van der Waals surface area contributed by atoms with Gasteiger partial charge in [-0.3, -0.25) is 20.4 Å². The summed E-state index contributed by atoms with van der Waals surface area (Å²) in [6, 6.07) is 6.94. The summed E-state index contributed by atoms with van der Waals surface area (Å²) in [6.07, 6.45) is 0.373. The van der Waals surface area contributed by atoms with Crippen molar-refractivity contribution in [1.82, 2.24) is 25.4 Å². The van der Waals surface area contributed by atoms with Gasteiger partial charge in [0.2, 0.25) is 0 Å². The molecule has 1 aromatic heterocycles. The lowest BCUT2D eigenvalue weighted by Gasteiger charge is -2.41. The quantitative estimate of drug-likeness (QED) is 0.579. The van der Waals surface area contributed by atoms with Gasteiger partial charge in [-0.05, 0) is 24.3 Å². The summed E-state index contributed by atoms with van der Waals surface area (Å²) < 4.78 is 13.3. The molecule has 2 atom stereocenters. The van der Waals surface area contributed by atoms with Gasteiger partial charge < -0.3 is 4.98 Å². The van der Waals surface area contributed by atoms with Crippen molar-refractivity contribution < 1.29 is 4.39 Å². The Bertz CT molecular complexity index is 689. The molecule has 0 aliphatic carbocycles. The summed E-state index contributed by atoms with van der Waals surface area (Å²) in [4.78, 5) is 8.31. The van der Waals surface area contributed by atoms with Gasteiger partial charge in [0.1, 0.15) is 5.82 Å². The van der Waals surface area contributed by atoms with E-state index in [1.54, 1.807) is 12.1 Å². The number of rotatable bonds is 3. The van der Waals surface area contributed by atoms with Crippen LogP contribution in [0.5, 0.6) is 0 Å². The topological polar surface area (TPSA) is 46.3 Å². The van der Waals surface area contributed by atoms with Gasteiger partial charge in [-0.15, -0.1) is 11.6 Å². The van der Waals surface area contributed by atoms with E-state index < -0.39 is 0 Å². The van der Waals surface area contributed by atoms with E-state index in [-0.39, 0.29) is 11.3 Å². The van der Waals surface area contributed by atoms with E-state index >= 15 is 0 Å². The van der Waals surface area contributed by atoms with Gasteiger partial charge in [0.25, 0.3) is 0 Å². The highest BCUT2D eigenvalue weighted by atomic mass is 35.5. The molecule has 0 amide bonds. The fourth-order valence-electron chi connectivity index (χ4n) is 3.60. The molecule has 2 aliphatic rings. The lowest BCUT2D eigenvalue weighted by Crippen LogP contribution is -2.62. The zero-order valence-corrected chi connectivity index (χ0v) is 14.3. The molecule has 3 N–H and O–H groups in total. The number of H-pyrrole nitrogens is 1. The number of benzene rings is 1. The van der Waals surface area contributed by atoms with E-state index in [1.807, 2.05) is 0 Å². The third kappa shape index (κ3) is 3.58. The van der Waals surface area contributed by atoms with Gasteiger partial charge >= 0.3 is 0 Å². The van der Waals surface area contributed by atoms with Gasteiger partial charge in [0.15, 0.2) is 0 Å². The molecule has 0 spiro atoms. The second-order valence-electron chi connectivity index (χ2n) is 6.64. The van der Waals surface area contributed by atoms with E-state index in [0.717, 1.165) is 62.4 Å². The molecule has 0 radical (unpaired) electrons. The molecule has 4 rings (SSSR count). The molecule has 2 aliphatic heterocycles. The highest BCUT2D eigenvalue weighted by Gasteiger charge is 2.27. The lowest BCUT2D eigenvalue weighted by atomic mass is 10.2. The molecule has 24 heavy (non-hydrogen) atoms. The Morgan fingerprint density at radius 2 is 1.92 bits per heavy atom. The Morgan fingerprint density at radius 3 is 2.67 bits per heavy atom. The zero-order valence-electron chi connectivity index (χ0n) is 13.6. The minimum Gasteiger partial charge on any atom is -0.357 e. The number of nitrogens with one attached hydrogen (secondary N) is 3. The van der Waals surface area contributed by atoms with Crippen LogP contribution in [0.2, 0.25) is 0 Å². The molecule has 5 nitrogen and oxygen atoms in total. The maximum atomic E-state index is 13.3. The van der Waals surface area contributed by atoms with E-state index in [2.05, 4.69) is 31.5 Å². The Balaban J connectivity index is 1.32. The van der Waals surface area contributed by atoms with Crippen molar-refractivity contribution in [3.8, 4) is 0 Å². The third-order valence-corrected chi connectivity index (χ3v) is 5.25. The molecule has 2 saturated heterocycles. The summed E-state index contributed by atoms with van der Waals surface area (Å²) in [5.41, 5.74) is 2.18. The number of fused-ring (bicyclic) bond motifs is 1. The Kier molecular flexibility index (Phi) is 4.74. The van der Waals surface area contributed by atoms with Crippen LogP contribution in [0.1, 0.15) is 5.69 Å². The molecule has 7 heteroatoms. The van der Waals surface area contributed by atoms with E-state index in [9.17, 15) is 4.39 Å². The Morgan fingerprint density at radius 1 is 1.08 bits per heavy atom. The first-order chi connectivity index (χ1) is 11.7. The third-order valence-electron chi connectivity index (χ3n) is 4.95. The van der Waals surface area contributed by atoms with Crippen LogP contribution in [0, 0.1) is 5.82 Å². The van der Waals surface area contributed by atoms with Gasteiger partial charge in [-0.1, -0.05) is 0 Å². The van der Waals surface area contributed by atoms with E-state index in [4.69, 9.17) is 11.6 Å². The van der Waals surface area contributed by atoms with Crippen LogP contribution in [0.4, 0.5) is 4.39 Å². The van der Waals surface area contributed by atoms with E-state index in [1.165, 1.54) is 6.07 Å². The first kappa shape index (κ1) is 16.3. The summed E-state index contributed by atoms with van der Waals surface area (Å²) >= 11 is 6.05. The van der Waals surface area contributed by atoms with Gasteiger partial charge in [0, 0.05) is 62.4 Å². The highest BCUT2D eigenvalue weighted by Crippen LogP contribution is 2.18. The minimum absolute atomic E-state index is 0.0365. The molecule has 1 aromatic carbocycles. The Hall–Kier alpha value is -1.18. The maximum Gasteiger partial charge on any atom is 0.123 e. The largest absolute Gasteiger partial charge is 0.357 e. The van der Waals surface area contributed by atoms with Crippen LogP contribution in [0.3, 0.4) is 0 Å². The van der Waals surface area contributed by atoms with Gasteiger partial charge in [0.05, 0.1) is 11.7 Å². The Labute approximate surface area is 146 Å². The molecule has 0 bridgehead atoms. The summed E-state index contributed by atoms with van der Waals surface area (Å²) in [6.45, 7) is 6.73. The van der Waals surface area contributed by atoms with Crippen LogP contribution in [0.15, 0.2) is 24.3 Å². The van der Waals surface area contributed by atoms with Crippen LogP contribution < -0.4 is 10.6 Å². The predicted molar refractivity (Wildman–Crippen MR) is 94.5 cm³/mol. The predicted octanol–water partition coefficient (Wildman–Crippen LogP) is 1.51. The molecular formula is C17H23ClFN5. The van der Waals surface area contributed by atoms with Crippen molar-refractivity contribution in [2.24, 2.45) is 0 Å². The SMILES string of the molecule is Fc1ccc2[nH]c(CN3CCN(C4CNC(Cl)CN4)CC3)cc2c1. The first-order valence-electron chi connectivity index (χ1n) is 8.52. The maximum absolute atomic E-state index is 13.3. The van der Waals surface area contributed by atoms with E-state index in [0.29, 0.717) is 6.17 Å². The number of aromatic nitrogens is 1. The van der Waals surface area contributed by atoms with Crippen molar-refractivity contribution in [3.05, 3.63) is 35.8 Å². The fourth-order valence-corrected chi connectivity index (χ4v) is 3.78. The van der Waals surface area contributed by atoms with Crippen LogP contribution in [0.25, 0.3) is 10.9 Å². The number of halogens is 2. The highest BCUT2D eigenvalue weighted by molar-refractivity contribution is 6.20. The van der Waals surface area contributed by atoms with Crippen molar-refractivity contribution in [2.75, 3.05) is 39.3 Å². The minimum atomic E-state index is -0.186. The summed E-state index contributed by atoms with van der Waals surface area (Å²) in [7, 11) is 0. The number of piperazine rings is 2. The smallest absolute Gasteiger partial charge is 0.123 e. The molecule has 0 saturated carbocycles. The molecule has 130 valence electrons. The monoisotopic (exact) mass is 351 g/mol. The number of nitrogens with zero attached hydrogens (tertiary/aromatic N) is 2. The van der Waals surface area contributed by atoms with Crippen LogP contribution >= 0.6 is 11.6 Å². The molecule has 2 fully saturated rings. The number of hydrogen-bond acceptors (Lipinski definition) is 4.